The molecule has 0 atom stereocenters. The fourth-order valence-corrected chi connectivity index (χ4v) is 1.74. The maximum atomic E-state index is 11.1. The molecule has 0 saturated carbocycles. The summed E-state index contributed by atoms with van der Waals surface area (Å²) >= 11 is 3.09. The molecular formula is C9H9BrO5S. The van der Waals surface area contributed by atoms with Crippen LogP contribution in [0.4, 0.5) is 0 Å². The number of carbonyl (C=O) groups is 1. The monoisotopic (exact) mass is 308 g/mol. The van der Waals surface area contributed by atoms with Crippen LogP contribution in [-0.4, -0.2) is 24.3 Å². The minimum Gasteiger partial charge on any atom is -0.427 e. The van der Waals surface area contributed by atoms with Crippen molar-refractivity contribution >= 4 is 32.0 Å². The summed E-state index contributed by atoms with van der Waals surface area (Å²) in [5.74, 6) is -0.185. The zero-order chi connectivity index (χ0) is 12.2. The molecule has 0 aliphatic carbocycles. The Hall–Kier alpha value is -0.920. The van der Waals surface area contributed by atoms with Crippen LogP contribution in [0, 0.1) is 0 Å². The van der Waals surface area contributed by atoms with Gasteiger partial charge in [-0.2, -0.15) is 8.42 Å². The van der Waals surface area contributed by atoms with Crippen molar-refractivity contribution in [3.05, 3.63) is 24.3 Å². The van der Waals surface area contributed by atoms with Gasteiger partial charge in [0.2, 0.25) is 0 Å². The van der Waals surface area contributed by atoms with Crippen LogP contribution in [-0.2, 0) is 14.9 Å². The van der Waals surface area contributed by atoms with Gasteiger partial charge in [-0.05, 0) is 24.3 Å². The van der Waals surface area contributed by atoms with Crippen LogP contribution in [0.25, 0.3) is 0 Å². The van der Waals surface area contributed by atoms with Crippen LogP contribution in [0.1, 0.15) is 6.42 Å². The Bertz CT molecular complexity index is 465. The molecule has 5 nitrogen and oxygen atoms in total. The summed E-state index contributed by atoms with van der Waals surface area (Å²) < 4.78 is 35.0. The van der Waals surface area contributed by atoms with E-state index >= 15 is 0 Å². The van der Waals surface area contributed by atoms with E-state index < -0.39 is 16.1 Å². The first-order valence-corrected chi connectivity index (χ1v) is 6.84. The van der Waals surface area contributed by atoms with Gasteiger partial charge >= 0.3 is 5.97 Å². The number of rotatable bonds is 4. The summed E-state index contributed by atoms with van der Waals surface area (Å²) in [7, 11) is -4.21. The zero-order valence-corrected chi connectivity index (χ0v) is 10.5. The molecule has 0 aliphatic rings. The summed E-state index contributed by atoms with van der Waals surface area (Å²) in [6, 6.07) is 4.92. The van der Waals surface area contributed by atoms with E-state index in [0.717, 1.165) is 12.1 Å². The fourth-order valence-electron chi connectivity index (χ4n) is 0.939. The Morgan fingerprint density at radius 3 is 2.31 bits per heavy atom. The topological polar surface area (TPSA) is 80.7 Å². The third-order valence-electron chi connectivity index (χ3n) is 1.65. The number of halogens is 1. The minimum atomic E-state index is -4.21. The lowest BCUT2D eigenvalue weighted by Gasteiger charge is -2.03. The Labute approximate surface area is 101 Å². The van der Waals surface area contributed by atoms with Gasteiger partial charge in [0.15, 0.2) is 0 Å². The average molecular weight is 309 g/mol. The molecule has 16 heavy (non-hydrogen) atoms. The van der Waals surface area contributed by atoms with Gasteiger partial charge in [-0.15, -0.1) is 0 Å². The summed E-state index contributed by atoms with van der Waals surface area (Å²) in [5.41, 5.74) is 0. The van der Waals surface area contributed by atoms with Crippen LogP contribution in [0.2, 0.25) is 0 Å². The van der Waals surface area contributed by atoms with Crippen molar-refractivity contribution in [2.45, 2.75) is 11.3 Å². The van der Waals surface area contributed by atoms with E-state index in [9.17, 15) is 13.2 Å². The maximum absolute atomic E-state index is 11.1. The largest absolute Gasteiger partial charge is 0.427 e. The molecule has 0 spiro atoms. The van der Waals surface area contributed by atoms with E-state index in [1.54, 1.807) is 0 Å². The number of alkyl halides is 1. The molecule has 0 fully saturated rings. The number of ether oxygens (including phenoxy) is 1. The molecule has 0 aliphatic heterocycles. The first-order chi connectivity index (χ1) is 7.43. The molecule has 88 valence electrons. The van der Waals surface area contributed by atoms with Crippen LogP contribution < -0.4 is 4.74 Å². The summed E-state index contributed by atoms with van der Waals surface area (Å²) in [6.45, 7) is 0. The number of esters is 1. The van der Waals surface area contributed by atoms with E-state index in [-0.39, 0.29) is 17.1 Å². The number of carbonyl (C=O) groups excluding carboxylic acids is 1. The van der Waals surface area contributed by atoms with Crippen LogP contribution >= 0.6 is 15.9 Å². The second-order valence-electron chi connectivity index (χ2n) is 2.86. The maximum Gasteiger partial charge on any atom is 0.312 e. The number of hydrogen-bond donors (Lipinski definition) is 1. The SMILES string of the molecule is O=C(CCBr)Oc1ccc(S(=O)(=O)O)cc1. The van der Waals surface area contributed by atoms with Gasteiger partial charge in [0.05, 0.1) is 11.3 Å². The fraction of sp³-hybridized carbons (Fsp3) is 0.222. The highest BCUT2D eigenvalue weighted by Crippen LogP contribution is 2.16. The van der Waals surface area contributed by atoms with Crippen molar-refractivity contribution in [2.75, 3.05) is 5.33 Å². The van der Waals surface area contributed by atoms with Crippen molar-refractivity contribution in [3.8, 4) is 5.75 Å². The highest BCUT2D eigenvalue weighted by Gasteiger charge is 2.09. The molecular weight excluding hydrogens is 300 g/mol. The summed E-state index contributed by atoms with van der Waals surface area (Å²) in [4.78, 5) is 10.8. The molecule has 0 heterocycles. The Kier molecular flexibility index (Phi) is 4.45. The van der Waals surface area contributed by atoms with Gasteiger partial charge in [-0.25, -0.2) is 0 Å². The quantitative estimate of drug-likeness (QED) is 0.396. The van der Waals surface area contributed by atoms with Crippen LogP contribution in [0.5, 0.6) is 5.75 Å². The van der Waals surface area contributed by atoms with E-state index in [0.29, 0.717) is 5.33 Å². The van der Waals surface area contributed by atoms with E-state index in [1.165, 1.54) is 12.1 Å². The molecule has 0 amide bonds. The molecule has 1 N–H and O–H groups in total. The van der Waals surface area contributed by atoms with Gasteiger partial charge in [0.25, 0.3) is 10.1 Å². The molecule has 0 bridgehead atoms. The predicted octanol–water partition coefficient (Wildman–Crippen LogP) is 1.62. The molecule has 0 saturated heterocycles. The van der Waals surface area contributed by atoms with E-state index in [1.807, 2.05) is 0 Å². The average Bonchev–Trinajstić information content (AvgIpc) is 2.17. The van der Waals surface area contributed by atoms with Gasteiger partial charge in [-0.3, -0.25) is 9.35 Å². The standard InChI is InChI=1S/C9H9BrO5S/c10-6-5-9(11)15-7-1-3-8(4-2-7)16(12,13)14/h1-4H,5-6H2,(H,12,13,14). The molecule has 1 aromatic rings. The molecule has 1 rings (SSSR count). The third-order valence-corrected chi connectivity index (χ3v) is 2.92. The lowest BCUT2D eigenvalue weighted by molar-refractivity contribution is -0.133. The first kappa shape index (κ1) is 13.1. The van der Waals surface area contributed by atoms with Gasteiger partial charge in [0.1, 0.15) is 5.75 Å². The Morgan fingerprint density at radius 2 is 1.88 bits per heavy atom. The highest BCUT2D eigenvalue weighted by atomic mass is 79.9. The van der Waals surface area contributed by atoms with Crippen molar-refractivity contribution in [2.24, 2.45) is 0 Å². The van der Waals surface area contributed by atoms with Crippen LogP contribution in [0.15, 0.2) is 29.2 Å². The summed E-state index contributed by atoms with van der Waals surface area (Å²) in [6.07, 6.45) is 0.222. The molecule has 0 radical (unpaired) electrons. The van der Waals surface area contributed by atoms with Crippen molar-refractivity contribution < 1.29 is 22.5 Å². The van der Waals surface area contributed by atoms with Crippen molar-refractivity contribution in [1.29, 1.82) is 0 Å². The minimum absolute atomic E-state index is 0.222. The van der Waals surface area contributed by atoms with Gasteiger partial charge in [0, 0.05) is 5.33 Å². The summed E-state index contributed by atoms with van der Waals surface area (Å²) in [5, 5.41) is 0.495. The lowest BCUT2D eigenvalue weighted by Crippen LogP contribution is -2.08. The second kappa shape index (κ2) is 5.42. The van der Waals surface area contributed by atoms with E-state index in [2.05, 4.69) is 15.9 Å². The Morgan fingerprint density at radius 1 is 1.31 bits per heavy atom. The van der Waals surface area contributed by atoms with E-state index in [4.69, 9.17) is 9.29 Å². The molecule has 1 aromatic carbocycles. The van der Waals surface area contributed by atoms with Gasteiger partial charge < -0.3 is 4.74 Å². The Balaban J connectivity index is 2.76. The van der Waals surface area contributed by atoms with Crippen molar-refractivity contribution in [1.82, 2.24) is 0 Å². The number of hydrogen-bond acceptors (Lipinski definition) is 4. The van der Waals surface area contributed by atoms with Gasteiger partial charge in [-0.1, -0.05) is 15.9 Å². The highest BCUT2D eigenvalue weighted by molar-refractivity contribution is 9.09. The van der Waals surface area contributed by atoms with Crippen LogP contribution in [0.3, 0.4) is 0 Å². The number of benzene rings is 1. The lowest BCUT2D eigenvalue weighted by atomic mass is 10.3. The predicted molar refractivity (Wildman–Crippen MR) is 60.3 cm³/mol. The molecule has 0 aromatic heterocycles. The third kappa shape index (κ3) is 3.92. The molecule has 7 heteroatoms. The molecule has 0 unspecified atom stereocenters. The first-order valence-electron chi connectivity index (χ1n) is 4.27. The zero-order valence-electron chi connectivity index (χ0n) is 8.09. The second-order valence-corrected chi connectivity index (χ2v) is 5.07. The van der Waals surface area contributed by atoms with Crippen molar-refractivity contribution in [3.63, 3.8) is 0 Å². The normalized spacial score (nSPS) is 11.1. The smallest absolute Gasteiger partial charge is 0.312 e.